The number of nitrogens with one attached hydrogen (secondary N) is 1. The lowest BCUT2D eigenvalue weighted by atomic mass is 9.70. The maximum atomic E-state index is 12.1. The van der Waals surface area contributed by atoms with Crippen LogP contribution in [0.3, 0.4) is 0 Å². The number of hydrogen-bond acceptors (Lipinski definition) is 2. The third-order valence-corrected chi connectivity index (χ3v) is 4.43. The minimum Gasteiger partial charge on any atom is -0.354 e. The second-order valence-electron chi connectivity index (χ2n) is 6.06. The summed E-state index contributed by atoms with van der Waals surface area (Å²) in [4.78, 5) is 12.1. The zero-order valence-electron chi connectivity index (χ0n) is 10.8. The Morgan fingerprint density at radius 3 is 2.18 bits per heavy atom. The van der Waals surface area contributed by atoms with Gasteiger partial charge in [0.25, 0.3) is 0 Å². The monoisotopic (exact) mass is 260 g/mol. The van der Waals surface area contributed by atoms with Crippen molar-refractivity contribution < 1.29 is 4.79 Å². The van der Waals surface area contributed by atoms with Gasteiger partial charge in [0.2, 0.25) is 5.91 Å². The minimum absolute atomic E-state index is 0. The van der Waals surface area contributed by atoms with Crippen LogP contribution in [0.25, 0.3) is 0 Å². The fourth-order valence-corrected chi connectivity index (χ4v) is 2.84. The van der Waals surface area contributed by atoms with E-state index >= 15 is 0 Å². The number of hydrogen-bond donors (Lipinski definition) is 2. The molecule has 4 heteroatoms. The van der Waals surface area contributed by atoms with Crippen molar-refractivity contribution in [3.8, 4) is 0 Å². The maximum absolute atomic E-state index is 12.1. The summed E-state index contributed by atoms with van der Waals surface area (Å²) in [6, 6.07) is 0. The molecule has 100 valence electrons. The van der Waals surface area contributed by atoms with E-state index in [1.165, 1.54) is 25.7 Å². The first-order valence-corrected chi connectivity index (χ1v) is 6.61. The second-order valence-corrected chi connectivity index (χ2v) is 6.06. The van der Waals surface area contributed by atoms with E-state index in [1.807, 2.05) is 0 Å². The lowest BCUT2D eigenvalue weighted by Crippen LogP contribution is -2.56. The summed E-state index contributed by atoms with van der Waals surface area (Å²) >= 11 is 0. The van der Waals surface area contributed by atoms with Gasteiger partial charge < -0.3 is 11.1 Å². The van der Waals surface area contributed by atoms with Crippen molar-refractivity contribution in [3.05, 3.63) is 0 Å². The van der Waals surface area contributed by atoms with Gasteiger partial charge in [-0.2, -0.15) is 0 Å². The van der Waals surface area contributed by atoms with Crippen LogP contribution in [0, 0.1) is 5.41 Å². The van der Waals surface area contributed by atoms with Crippen LogP contribution >= 0.6 is 12.4 Å². The number of amides is 1. The Labute approximate surface area is 110 Å². The first-order chi connectivity index (χ1) is 7.54. The van der Waals surface area contributed by atoms with Gasteiger partial charge in [0.1, 0.15) is 0 Å². The third-order valence-electron chi connectivity index (χ3n) is 4.43. The van der Waals surface area contributed by atoms with Gasteiger partial charge in [0.15, 0.2) is 0 Å². The van der Waals surface area contributed by atoms with Gasteiger partial charge in [-0.1, -0.05) is 32.6 Å². The first-order valence-electron chi connectivity index (χ1n) is 6.61. The SMILES string of the molecule is CC1(CNC(=O)C2(N)CCCCC2)CCC1.Cl. The summed E-state index contributed by atoms with van der Waals surface area (Å²) in [6.45, 7) is 3.06. The molecule has 0 radical (unpaired) electrons. The van der Waals surface area contributed by atoms with Crippen LogP contribution < -0.4 is 11.1 Å². The summed E-state index contributed by atoms with van der Waals surface area (Å²) in [5.74, 6) is 0.0836. The molecule has 3 nitrogen and oxygen atoms in total. The van der Waals surface area contributed by atoms with Gasteiger partial charge in [0, 0.05) is 6.54 Å². The van der Waals surface area contributed by atoms with Crippen molar-refractivity contribution >= 4 is 18.3 Å². The molecular formula is C13H25ClN2O. The summed E-state index contributed by atoms with van der Waals surface area (Å²) in [6.07, 6.45) is 8.92. The van der Waals surface area contributed by atoms with E-state index in [-0.39, 0.29) is 18.3 Å². The van der Waals surface area contributed by atoms with Crippen LogP contribution in [0.15, 0.2) is 0 Å². The third kappa shape index (κ3) is 3.35. The van der Waals surface area contributed by atoms with Crippen LogP contribution in [0.5, 0.6) is 0 Å². The van der Waals surface area contributed by atoms with Crippen LogP contribution in [0.4, 0.5) is 0 Å². The smallest absolute Gasteiger partial charge is 0.240 e. The highest BCUT2D eigenvalue weighted by Crippen LogP contribution is 2.39. The predicted octanol–water partition coefficient (Wildman–Crippen LogP) is 2.38. The van der Waals surface area contributed by atoms with Crippen LogP contribution in [-0.2, 0) is 4.79 Å². The molecule has 2 aliphatic carbocycles. The predicted molar refractivity (Wildman–Crippen MR) is 72.2 cm³/mol. The molecule has 17 heavy (non-hydrogen) atoms. The van der Waals surface area contributed by atoms with E-state index in [0.717, 1.165) is 32.2 Å². The molecule has 0 saturated heterocycles. The normalized spacial score (nSPS) is 25.3. The van der Waals surface area contributed by atoms with E-state index in [9.17, 15) is 4.79 Å². The van der Waals surface area contributed by atoms with E-state index < -0.39 is 5.54 Å². The lowest BCUT2D eigenvalue weighted by molar-refractivity contribution is -0.128. The average molecular weight is 261 g/mol. The highest BCUT2D eigenvalue weighted by molar-refractivity contribution is 5.86. The number of rotatable bonds is 3. The molecule has 3 N–H and O–H groups in total. The molecule has 2 rings (SSSR count). The van der Waals surface area contributed by atoms with Gasteiger partial charge in [-0.3, -0.25) is 4.79 Å². The minimum atomic E-state index is -0.571. The largest absolute Gasteiger partial charge is 0.354 e. The van der Waals surface area contributed by atoms with Gasteiger partial charge in [0.05, 0.1) is 5.54 Å². The molecule has 0 atom stereocenters. The van der Waals surface area contributed by atoms with Crippen molar-refractivity contribution in [2.45, 2.75) is 63.8 Å². The Morgan fingerprint density at radius 1 is 1.12 bits per heavy atom. The molecule has 2 fully saturated rings. The zero-order chi connectivity index (χ0) is 11.6. The van der Waals surface area contributed by atoms with Gasteiger partial charge in [-0.15, -0.1) is 12.4 Å². The molecular weight excluding hydrogens is 236 g/mol. The Balaban J connectivity index is 0.00000144. The molecule has 0 aromatic carbocycles. The zero-order valence-corrected chi connectivity index (χ0v) is 11.6. The van der Waals surface area contributed by atoms with Crippen molar-refractivity contribution in [2.24, 2.45) is 11.1 Å². The Bertz CT molecular complexity index is 271. The highest BCUT2D eigenvalue weighted by Gasteiger charge is 2.37. The summed E-state index contributed by atoms with van der Waals surface area (Å²) in [7, 11) is 0. The van der Waals surface area contributed by atoms with E-state index in [0.29, 0.717) is 5.41 Å². The molecule has 0 bridgehead atoms. The van der Waals surface area contributed by atoms with Crippen molar-refractivity contribution in [1.82, 2.24) is 5.32 Å². The molecule has 2 saturated carbocycles. The average Bonchev–Trinajstić information content (AvgIpc) is 2.24. The van der Waals surface area contributed by atoms with E-state index in [4.69, 9.17) is 5.73 Å². The van der Waals surface area contributed by atoms with Gasteiger partial charge in [-0.25, -0.2) is 0 Å². The van der Waals surface area contributed by atoms with Crippen LogP contribution in [-0.4, -0.2) is 18.0 Å². The van der Waals surface area contributed by atoms with E-state index in [1.54, 1.807) is 0 Å². The molecule has 0 aliphatic heterocycles. The number of nitrogens with two attached hydrogens (primary N) is 1. The molecule has 0 unspecified atom stereocenters. The standard InChI is InChI=1S/C13H24N2O.ClH/c1-12(6-5-7-12)10-15-11(16)13(14)8-3-2-4-9-13;/h2-10,14H2,1H3,(H,15,16);1H. The number of carbonyl (C=O) groups is 1. The maximum Gasteiger partial charge on any atom is 0.240 e. The van der Waals surface area contributed by atoms with Gasteiger partial charge in [-0.05, 0) is 31.1 Å². The number of halogens is 1. The second kappa shape index (κ2) is 5.57. The highest BCUT2D eigenvalue weighted by atomic mass is 35.5. The fourth-order valence-electron chi connectivity index (χ4n) is 2.84. The topological polar surface area (TPSA) is 55.1 Å². The first kappa shape index (κ1) is 14.8. The fraction of sp³-hybridized carbons (Fsp3) is 0.923. The molecule has 1 amide bonds. The molecule has 0 aromatic rings. The van der Waals surface area contributed by atoms with Crippen LogP contribution in [0.2, 0.25) is 0 Å². The molecule has 2 aliphatic rings. The lowest BCUT2D eigenvalue weighted by Gasteiger charge is -2.40. The summed E-state index contributed by atoms with van der Waals surface area (Å²) in [5.41, 5.74) is 5.96. The molecule has 0 aromatic heterocycles. The van der Waals surface area contributed by atoms with Crippen LogP contribution in [0.1, 0.15) is 58.3 Å². The summed E-state index contributed by atoms with van der Waals surface area (Å²) < 4.78 is 0. The summed E-state index contributed by atoms with van der Waals surface area (Å²) in [5, 5.41) is 3.07. The number of carbonyl (C=O) groups excluding carboxylic acids is 1. The Morgan fingerprint density at radius 2 is 1.71 bits per heavy atom. The van der Waals surface area contributed by atoms with Gasteiger partial charge >= 0.3 is 0 Å². The molecule has 0 spiro atoms. The Hall–Kier alpha value is -0.280. The van der Waals surface area contributed by atoms with Crippen molar-refractivity contribution in [1.29, 1.82) is 0 Å². The molecule has 0 heterocycles. The Kier molecular flexibility index (Phi) is 4.85. The quantitative estimate of drug-likeness (QED) is 0.819. The van der Waals surface area contributed by atoms with Crippen molar-refractivity contribution in [3.63, 3.8) is 0 Å². The van der Waals surface area contributed by atoms with E-state index in [2.05, 4.69) is 12.2 Å². The van der Waals surface area contributed by atoms with Crippen molar-refractivity contribution in [2.75, 3.05) is 6.54 Å².